The summed E-state index contributed by atoms with van der Waals surface area (Å²) in [7, 11) is 0. The Balaban J connectivity index is 1.86. The molecule has 2 fully saturated rings. The normalized spacial score (nSPS) is 28.2. The third-order valence-corrected chi connectivity index (χ3v) is 4.22. The fourth-order valence-corrected chi connectivity index (χ4v) is 3.05. The first-order valence-corrected chi connectivity index (χ1v) is 7.82. The fourth-order valence-electron chi connectivity index (χ4n) is 3.05. The third kappa shape index (κ3) is 3.94. The van der Waals surface area contributed by atoms with E-state index >= 15 is 0 Å². The predicted octanol–water partition coefficient (Wildman–Crippen LogP) is 2.27. The molecule has 1 saturated heterocycles. The number of ether oxygens (including phenoxy) is 1. The molecule has 1 unspecified atom stereocenters. The lowest BCUT2D eigenvalue weighted by Crippen LogP contribution is -2.46. The summed E-state index contributed by atoms with van der Waals surface area (Å²) in [6, 6.07) is 0.883. The van der Waals surface area contributed by atoms with Crippen LogP contribution in [0.3, 0.4) is 0 Å². The van der Waals surface area contributed by atoms with Crippen LogP contribution in [0.2, 0.25) is 0 Å². The largest absolute Gasteiger partial charge is 0.381 e. The van der Waals surface area contributed by atoms with E-state index in [4.69, 9.17) is 4.74 Å². The van der Waals surface area contributed by atoms with Crippen molar-refractivity contribution in [2.45, 2.75) is 52.0 Å². The summed E-state index contributed by atoms with van der Waals surface area (Å²) in [4.78, 5) is 2.72. The monoisotopic (exact) mass is 254 g/mol. The van der Waals surface area contributed by atoms with Crippen LogP contribution < -0.4 is 5.32 Å². The van der Waals surface area contributed by atoms with Gasteiger partial charge in [0.05, 0.1) is 6.61 Å². The van der Waals surface area contributed by atoms with Crippen molar-refractivity contribution >= 4 is 0 Å². The molecule has 0 radical (unpaired) electrons. The molecule has 1 N–H and O–H groups in total. The van der Waals surface area contributed by atoms with Crippen LogP contribution in [-0.2, 0) is 4.74 Å². The lowest BCUT2D eigenvalue weighted by molar-refractivity contribution is 0.104. The first-order valence-electron chi connectivity index (χ1n) is 7.82. The van der Waals surface area contributed by atoms with E-state index in [1.807, 2.05) is 0 Å². The Kier molecular flexibility index (Phi) is 5.46. The third-order valence-electron chi connectivity index (χ3n) is 4.22. The maximum absolute atomic E-state index is 5.70. The quantitative estimate of drug-likeness (QED) is 0.639. The molecule has 0 bridgehead atoms. The van der Waals surface area contributed by atoms with E-state index in [-0.39, 0.29) is 0 Å². The van der Waals surface area contributed by atoms with Crippen molar-refractivity contribution in [1.82, 2.24) is 10.2 Å². The number of hydrogen-bond donors (Lipinski definition) is 1. The highest BCUT2D eigenvalue weighted by molar-refractivity contribution is 4.93. The minimum atomic E-state index is 0.382. The van der Waals surface area contributed by atoms with Crippen LogP contribution in [0.15, 0.2) is 0 Å². The van der Waals surface area contributed by atoms with Crippen molar-refractivity contribution in [3.05, 3.63) is 0 Å². The summed E-state index contributed by atoms with van der Waals surface area (Å²) in [5.41, 5.74) is 0.382. The number of hydrogen-bond acceptors (Lipinski definition) is 3. The SMILES string of the molecule is CCCNCC1(CN(CCC)C2CC2)CCOC1. The van der Waals surface area contributed by atoms with Crippen LogP contribution in [0.25, 0.3) is 0 Å². The zero-order chi connectivity index (χ0) is 12.8. The topological polar surface area (TPSA) is 24.5 Å². The average Bonchev–Trinajstić information content (AvgIpc) is 3.12. The molecular formula is C15H30N2O. The Hall–Kier alpha value is -0.120. The van der Waals surface area contributed by atoms with Gasteiger partial charge in [-0.25, -0.2) is 0 Å². The fraction of sp³-hybridized carbons (Fsp3) is 1.00. The average molecular weight is 254 g/mol. The van der Waals surface area contributed by atoms with Crippen LogP contribution in [0, 0.1) is 5.41 Å². The maximum atomic E-state index is 5.70. The Labute approximate surface area is 112 Å². The van der Waals surface area contributed by atoms with Gasteiger partial charge >= 0.3 is 0 Å². The first kappa shape index (κ1) is 14.3. The van der Waals surface area contributed by atoms with Gasteiger partial charge in [-0.15, -0.1) is 0 Å². The minimum absolute atomic E-state index is 0.382. The van der Waals surface area contributed by atoms with Gasteiger partial charge < -0.3 is 10.1 Å². The molecule has 1 atom stereocenters. The molecule has 0 aromatic heterocycles. The van der Waals surface area contributed by atoms with Crippen molar-refractivity contribution in [3.8, 4) is 0 Å². The molecule has 0 aromatic carbocycles. The van der Waals surface area contributed by atoms with E-state index in [0.29, 0.717) is 5.41 Å². The van der Waals surface area contributed by atoms with Crippen LogP contribution in [-0.4, -0.2) is 50.3 Å². The molecule has 2 rings (SSSR count). The summed E-state index contributed by atoms with van der Waals surface area (Å²) >= 11 is 0. The highest BCUT2D eigenvalue weighted by atomic mass is 16.5. The molecule has 3 nitrogen and oxygen atoms in total. The van der Waals surface area contributed by atoms with Gasteiger partial charge in [0.25, 0.3) is 0 Å². The van der Waals surface area contributed by atoms with E-state index in [2.05, 4.69) is 24.1 Å². The molecule has 0 spiro atoms. The van der Waals surface area contributed by atoms with Gasteiger partial charge in [0.2, 0.25) is 0 Å². The Morgan fingerprint density at radius 3 is 2.67 bits per heavy atom. The van der Waals surface area contributed by atoms with Crippen molar-refractivity contribution in [3.63, 3.8) is 0 Å². The lowest BCUT2D eigenvalue weighted by Gasteiger charge is -2.34. The maximum Gasteiger partial charge on any atom is 0.0547 e. The molecule has 18 heavy (non-hydrogen) atoms. The summed E-state index contributed by atoms with van der Waals surface area (Å²) in [5.74, 6) is 0. The summed E-state index contributed by atoms with van der Waals surface area (Å²) in [6.45, 7) is 11.2. The van der Waals surface area contributed by atoms with E-state index < -0.39 is 0 Å². The summed E-state index contributed by atoms with van der Waals surface area (Å²) < 4.78 is 5.70. The standard InChI is InChI=1S/C15H30N2O/c1-3-8-16-11-15(7-10-18-13-15)12-17(9-4-2)14-5-6-14/h14,16H,3-13H2,1-2H3. The second-order valence-corrected chi connectivity index (χ2v) is 6.18. The van der Waals surface area contributed by atoms with E-state index in [1.165, 1.54) is 45.2 Å². The summed E-state index contributed by atoms with van der Waals surface area (Å²) in [5, 5.41) is 3.62. The molecule has 1 heterocycles. The van der Waals surface area contributed by atoms with E-state index in [9.17, 15) is 0 Å². The Morgan fingerprint density at radius 2 is 2.11 bits per heavy atom. The first-order chi connectivity index (χ1) is 8.79. The van der Waals surface area contributed by atoms with E-state index in [1.54, 1.807) is 0 Å². The van der Waals surface area contributed by atoms with E-state index in [0.717, 1.165) is 32.3 Å². The van der Waals surface area contributed by atoms with Crippen molar-refractivity contribution in [1.29, 1.82) is 0 Å². The second-order valence-electron chi connectivity index (χ2n) is 6.18. The molecule has 0 amide bonds. The molecule has 1 aliphatic heterocycles. The molecular weight excluding hydrogens is 224 g/mol. The molecule has 1 saturated carbocycles. The van der Waals surface area contributed by atoms with Gasteiger partial charge in [-0.05, 0) is 45.2 Å². The predicted molar refractivity (Wildman–Crippen MR) is 75.9 cm³/mol. The molecule has 0 aromatic rings. The minimum Gasteiger partial charge on any atom is -0.381 e. The van der Waals surface area contributed by atoms with Gasteiger partial charge in [-0.1, -0.05) is 13.8 Å². The van der Waals surface area contributed by atoms with Crippen molar-refractivity contribution < 1.29 is 4.74 Å². The van der Waals surface area contributed by atoms with Crippen LogP contribution in [0.4, 0.5) is 0 Å². The lowest BCUT2D eigenvalue weighted by atomic mass is 9.86. The molecule has 106 valence electrons. The van der Waals surface area contributed by atoms with Gasteiger partial charge in [0.1, 0.15) is 0 Å². The van der Waals surface area contributed by atoms with Crippen molar-refractivity contribution in [2.24, 2.45) is 5.41 Å². The van der Waals surface area contributed by atoms with Gasteiger partial charge in [-0.3, -0.25) is 4.90 Å². The number of nitrogens with zero attached hydrogens (tertiary/aromatic N) is 1. The van der Waals surface area contributed by atoms with Crippen LogP contribution >= 0.6 is 0 Å². The van der Waals surface area contributed by atoms with Crippen molar-refractivity contribution in [2.75, 3.05) is 39.4 Å². The van der Waals surface area contributed by atoms with Gasteiger partial charge in [-0.2, -0.15) is 0 Å². The van der Waals surface area contributed by atoms with Crippen LogP contribution in [0.5, 0.6) is 0 Å². The smallest absolute Gasteiger partial charge is 0.0547 e. The van der Waals surface area contributed by atoms with Gasteiger partial charge in [0, 0.05) is 31.2 Å². The molecule has 1 aliphatic carbocycles. The van der Waals surface area contributed by atoms with Gasteiger partial charge in [0.15, 0.2) is 0 Å². The summed E-state index contributed by atoms with van der Waals surface area (Å²) in [6.07, 6.45) is 6.56. The number of rotatable bonds is 9. The van der Waals surface area contributed by atoms with Crippen LogP contribution in [0.1, 0.15) is 46.0 Å². The zero-order valence-electron chi connectivity index (χ0n) is 12.2. The highest BCUT2D eigenvalue weighted by Gasteiger charge is 2.39. The molecule has 3 heteroatoms. The molecule has 2 aliphatic rings. The zero-order valence-corrected chi connectivity index (χ0v) is 12.2. The highest BCUT2D eigenvalue weighted by Crippen LogP contribution is 2.34. The number of nitrogens with one attached hydrogen (secondary N) is 1. The second kappa shape index (κ2) is 6.88. The Morgan fingerprint density at radius 1 is 1.28 bits per heavy atom. The Bertz CT molecular complexity index is 235.